The van der Waals surface area contributed by atoms with Crippen LogP contribution in [0.25, 0.3) is 22.0 Å². The minimum Gasteiger partial charge on any atom is -0.294 e. The minimum absolute atomic E-state index is 0.136. The van der Waals surface area contributed by atoms with E-state index in [0.29, 0.717) is 23.0 Å². The van der Waals surface area contributed by atoms with Gasteiger partial charge in [-0.2, -0.15) is 0 Å². The van der Waals surface area contributed by atoms with Gasteiger partial charge in [0.2, 0.25) is 0 Å². The highest BCUT2D eigenvalue weighted by Crippen LogP contribution is 2.29. The molecule has 0 unspecified atom stereocenters. The SMILES string of the molecule is O=c1c2ccccc2ncn1Cc1ccc(-c2cccc3c2C=NC3)cc1F. The van der Waals surface area contributed by atoms with Crippen molar-refractivity contribution in [2.24, 2.45) is 4.99 Å². The van der Waals surface area contributed by atoms with Crippen LogP contribution in [0.15, 0.2) is 76.8 Å². The molecule has 1 aromatic heterocycles. The van der Waals surface area contributed by atoms with Gasteiger partial charge in [0.15, 0.2) is 0 Å². The third-order valence-corrected chi connectivity index (χ3v) is 5.11. The average molecular weight is 369 g/mol. The summed E-state index contributed by atoms with van der Waals surface area (Å²) in [5, 5.41) is 0.529. The number of hydrogen-bond donors (Lipinski definition) is 0. The van der Waals surface area contributed by atoms with Crippen molar-refractivity contribution in [3.63, 3.8) is 0 Å². The Balaban J connectivity index is 1.52. The molecule has 28 heavy (non-hydrogen) atoms. The van der Waals surface area contributed by atoms with Gasteiger partial charge in [-0.05, 0) is 34.9 Å². The van der Waals surface area contributed by atoms with Crippen molar-refractivity contribution in [1.29, 1.82) is 0 Å². The molecule has 5 rings (SSSR count). The Labute approximate surface area is 160 Å². The van der Waals surface area contributed by atoms with E-state index in [-0.39, 0.29) is 17.9 Å². The molecule has 0 fully saturated rings. The van der Waals surface area contributed by atoms with Crippen LogP contribution in [0.2, 0.25) is 0 Å². The number of aromatic nitrogens is 2. The predicted molar refractivity (Wildman–Crippen MR) is 108 cm³/mol. The first-order valence-electron chi connectivity index (χ1n) is 9.05. The molecule has 5 heteroatoms. The molecule has 4 aromatic rings. The quantitative estimate of drug-likeness (QED) is 0.544. The van der Waals surface area contributed by atoms with Crippen LogP contribution in [0.4, 0.5) is 4.39 Å². The zero-order chi connectivity index (χ0) is 19.1. The first kappa shape index (κ1) is 16.6. The van der Waals surface area contributed by atoms with Gasteiger partial charge in [0.1, 0.15) is 5.82 Å². The van der Waals surface area contributed by atoms with Crippen LogP contribution in [0.1, 0.15) is 16.7 Å². The molecule has 2 heterocycles. The van der Waals surface area contributed by atoms with Crippen LogP contribution >= 0.6 is 0 Å². The summed E-state index contributed by atoms with van der Waals surface area (Å²) in [5.74, 6) is -0.343. The molecule has 0 aliphatic carbocycles. The molecule has 1 aliphatic rings. The van der Waals surface area contributed by atoms with E-state index in [0.717, 1.165) is 22.3 Å². The van der Waals surface area contributed by atoms with E-state index in [4.69, 9.17) is 0 Å². The third kappa shape index (κ3) is 2.72. The summed E-state index contributed by atoms with van der Waals surface area (Å²) in [5.41, 5.74) is 4.87. The highest BCUT2D eigenvalue weighted by molar-refractivity contribution is 5.94. The second-order valence-corrected chi connectivity index (χ2v) is 6.85. The molecular formula is C23H16FN3O. The molecule has 0 radical (unpaired) electrons. The van der Waals surface area contributed by atoms with E-state index in [1.165, 1.54) is 17.0 Å². The fourth-order valence-electron chi connectivity index (χ4n) is 3.64. The summed E-state index contributed by atoms with van der Waals surface area (Å²) in [4.78, 5) is 21.2. The van der Waals surface area contributed by atoms with Gasteiger partial charge < -0.3 is 0 Å². The second-order valence-electron chi connectivity index (χ2n) is 6.85. The number of benzene rings is 3. The molecule has 4 nitrogen and oxygen atoms in total. The first-order valence-corrected chi connectivity index (χ1v) is 9.05. The number of aliphatic imine (C=N–C) groups is 1. The summed E-state index contributed by atoms with van der Waals surface area (Å²) in [7, 11) is 0. The molecule has 0 atom stereocenters. The Kier molecular flexibility index (Phi) is 3.86. The summed E-state index contributed by atoms with van der Waals surface area (Å²) in [6.07, 6.45) is 3.31. The third-order valence-electron chi connectivity index (χ3n) is 5.11. The smallest absolute Gasteiger partial charge is 0.261 e. The Morgan fingerprint density at radius 2 is 1.93 bits per heavy atom. The molecule has 0 amide bonds. The lowest BCUT2D eigenvalue weighted by molar-refractivity contribution is 0.596. The summed E-state index contributed by atoms with van der Waals surface area (Å²) < 4.78 is 16.3. The molecule has 0 saturated carbocycles. The van der Waals surface area contributed by atoms with E-state index < -0.39 is 0 Å². The number of fused-ring (bicyclic) bond motifs is 2. The monoisotopic (exact) mass is 369 g/mol. The van der Waals surface area contributed by atoms with E-state index in [1.54, 1.807) is 24.3 Å². The molecule has 0 spiro atoms. The van der Waals surface area contributed by atoms with Crippen molar-refractivity contribution in [2.45, 2.75) is 13.1 Å². The lowest BCUT2D eigenvalue weighted by atomic mass is 9.96. The van der Waals surface area contributed by atoms with Gasteiger partial charge in [0, 0.05) is 17.3 Å². The Hall–Kier alpha value is -3.60. The lowest BCUT2D eigenvalue weighted by Gasteiger charge is -2.11. The Morgan fingerprint density at radius 1 is 1.04 bits per heavy atom. The van der Waals surface area contributed by atoms with Crippen molar-refractivity contribution in [3.05, 3.63) is 99.9 Å². The topological polar surface area (TPSA) is 47.2 Å². The molecule has 1 aliphatic heterocycles. The Morgan fingerprint density at radius 3 is 2.82 bits per heavy atom. The van der Waals surface area contributed by atoms with E-state index in [9.17, 15) is 9.18 Å². The molecular weight excluding hydrogens is 353 g/mol. The van der Waals surface area contributed by atoms with Crippen LogP contribution in [0.3, 0.4) is 0 Å². The summed E-state index contributed by atoms with van der Waals surface area (Å²) in [6, 6.07) is 18.3. The highest BCUT2D eigenvalue weighted by atomic mass is 19.1. The van der Waals surface area contributed by atoms with Crippen molar-refractivity contribution >= 4 is 17.1 Å². The van der Waals surface area contributed by atoms with Crippen LogP contribution in [0, 0.1) is 5.82 Å². The maximum Gasteiger partial charge on any atom is 0.261 e. The van der Waals surface area contributed by atoms with Gasteiger partial charge >= 0.3 is 0 Å². The first-order chi connectivity index (χ1) is 13.7. The maximum absolute atomic E-state index is 14.8. The normalized spacial score (nSPS) is 12.5. The fourth-order valence-corrected chi connectivity index (χ4v) is 3.64. The zero-order valence-corrected chi connectivity index (χ0v) is 15.0. The number of nitrogens with zero attached hydrogens (tertiary/aromatic N) is 3. The van der Waals surface area contributed by atoms with Crippen LogP contribution in [-0.4, -0.2) is 15.8 Å². The van der Waals surface area contributed by atoms with E-state index in [1.807, 2.05) is 36.5 Å². The van der Waals surface area contributed by atoms with Crippen molar-refractivity contribution in [3.8, 4) is 11.1 Å². The highest BCUT2D eigenvalue weighted by Gasteiger charge is 2.14. The van der Waals surface area contributed by atoms with Gasteiger partial charge in [-0.3, -0.25) is 14.4 Å². The molecule has 3 aromatic carbocycles. The number of rotatable bonds is 3. The van der Waals surface area contributed by atoms with Crippen molar-refractivity contribution in [1.82, 2.24) is 9.55 Å². The van der Waals surface area contributed by atoms with E-state index >= 15 is 0 Å². The minimum atomic E-state index is -0.343. The predicted octanol–water partition coefficient (Wildman–Crippen LogP) is 4.18. The lowest BCUT2D eigenvalue weighted by Crippen LogP contribution is -2.21. The molecule has 0 bridgehead atoms. The van der Waals surface area contributed by atoms with Gasteiger partial charge in [0.25, 0.3) is 5.56 Å². The number of halogens is 1. The van der Waals surface area contributed by atoms with Gasteiger partial charge in [-0.25, -0.2) is 9.37 Å². The summed E-state index contributed by atoms with van der Waals surface area (Å²) >= 11 is 0. The zero-order valence-electron chi connectivity index (χ0n) is 15.0. The Bertz CT molecular complexity index is 1310. The van der Waals surface area contributed by atoms with E-state index in [2.05, 4.69) is 9.98 Å². The summed E-state index contributed by atoms with van der Waals surface area (Å²) in [6.45, 7) is 0.804. The molecule has 0 N–H and O–H groups in total. The molecule has 0 saturated heterocycles. The van der Waals surface area contributed by atoms with Crippen molar-refractivity contribution in [2.75, 3.05) is 0 Å². The van der Waals surface area contributed by atoms with Crippen LogP contribution < -0.4 is 5.56 Å². The number of hydrogen-bond acceptors (Lipinski definition) is 3. The van der Waals surface area contributed by atoms with Gasteiger partial charge in [-0.15, -0.1) is 0 Å². The maximum atomic E-state index is 14.8. The van der Waals surface area contributed by atoms with Crippen LogP contribution in [-0.2, 0) is 13.1 Å². The van der Waals surface area contributed by atoms with Gasteiger partial charge in [0.05, 0.1) is 30.3 Å². The fraction of sp³-hybridized carbons (Fsp3) is 0.0870. The average Bonchev–Trinajstić information content (AvgIpc) is 3.20. The largest absolute Gasteiger partial charge is 0.294 e. The van der Waals surface area contributed by atoms with Crippen LogP contribution in [0.5, 0.6) is 0 Å². The van der Waals surface area contributed by atoms with Crippen molar-refractivity contribution < 1.29 is 4.39 Å². The standard InChI is InChI=1S/C23H16FN3O/c24-21-10-15(18-6-3-4-16-11-25-12-20(16)18)8-9-17(21)13-27-14-26-22-7-2-1-5-19(22)23(27)28/h1-10,12,14H,11,13H2. The number of para-hydroxylation sites is 1. The van der Waals surface area contributed by atoms with Gasteiger partial charge in [-0.1, -0.05) is 42.5 Å². The molecule has 136 valence electrons. The second kappa shape index (κ2) is 6.53.